The molecule has 1 aliphatic rings. The van der Waals surface area contributed by atoms with Gasteiger partial charge in [0, 0.05) is 24.0 Å². The van der Waals surface area contributed by atoms with Crippen molar-refractivity contribution in [1.82, 2.24) is 10.2 Å². The van der Waals surface area contributed by atoms with Crippen LogP contribution in [0.4, 0.5) is 8.78 Å². The Morgan fingerprint density at radius 3 is 2.79 bits per heavy atom. The number of hydrogen-bond acceptors (Lipinski definition) is 4. The molecule has 29 heavy (non-hydrogen) atoms. The van der Waals surface area contributed by atoms with Crippen molar-refractivity contribution >= 4 is 0 Å². The maximum atomic E-state index is 12.8. The van der Waals surface area contributed by atoms with Crippen molar-refractivity contribution in [1.29, 1.82) is 0 Å². The normalized spacial score (nSPS) is 16.3. The van der Waals surface area contributed by atoms with E-state index < -0.39 is 12.9 Å². The van der Waals surface area contributed by atoms with Crippen LogP contribution in [-0.2, 0) is 11.2 Å². The van der Waals surface area contributed by atoms with Crippen molar-refractivity contribution < 1.29 is 23.0 Å². The van der Waals surface area contributed by atoms with Gasteiger partial charge in [0.15, 0.2) is 17.8 Å². The van der Waals surface area contributed by atoms with Gasteiger partial charge in [-0.1, -0.05) is 24.3 Å². The number of aryl methyl sites for hydroxylation is 1. The van der Waals surface area contributed by atoms with Crippen molar-refractivity contribution in [2.24, 2.45) is 0 Å². The molecule has 1 aliphatic heterocycles. The Balaban J connectivity index is 1.65. The smallest absolute Gasteiger partial charge is 0.387 e. The van der Waals surface area contributed by atoms with Crippen molar-refractivity contribution in [2.75, 3.05) is 6.61 Å². The molecule has 0 amide bonds. The van der Waals surface area contributed by atoms with Crippen LogP contribution in [0.25, 0.3) is 11.3 Å². The molecule has 1 fully saturated rings. The quantitative estimate of drug-likeness (QED) is 0.600. The van der Waals surface area contributed by atoms with E-state index in [9.17, 15) is 8.78 Å². The molecule has 1 aromatic heterocycles. The summed E-state index contributed by atoms with van der Waals surface area (Å²) >= 11 is 0. The van der Waals surface area contributed by atoms with E-state index in [0.29, 0.717) is 19.4 Å². The summed E-state index contributed by atoms with van der Waals surface area (Å²) in [5.74, 6) is 0.213. The number of halogens is 2. The highest BCUT2D eigenvalue weighted by molar-refractivity contribution is 5.67. The standard InChI is InChI=1S/C22H22F2N2O3/c1-14-5-2-3-6-15(14)11-17-13-25-26-21(17)16-8-9-18(29-22(23)24)19(12-16)28-20-7-4-10-27-20/h2-3,5-6,8-9,12-13,20,22H,4,7,10-11H2,1H3,(H,25,26). The Labute approximate surface area is 167 Å². The molecule has 2 heterocycles. The van der Waals surface area contributed by atoms with Crippen molar-refractivity contribution in [3.8, 4) is 22.8 Å². The van der Waals surface area contributed by atoms with Gasteiger partial charge in [0.1, 0.15) is 0 Å². The van der Waals surface area contributed by atoms with Crippen molar-refractivity contribution in [2.45, 2.75) is 39.1 Å². The summed E-state index contributed by atoms with van der Waals surface area (Å²) in [5.41, 5.74) is 4.99. The van der Waals surface area contributed by atoms with Crippen LogP contribution in [0.5, 0.6) is 11.5 Å². The van der Waals surface area contributed by atoms with Gasteiger partial charge < -0.3 is 14.2 Å². The Hall–Kier alpha value is -2.93. The van der Waals surface area contributed by atoms with Crippen LogP contribution >= 0.6 is 0 Å². The van der Waals surface area contributed by atoms with Crippen LogP contribution < -0.4 is 9.47 Å². The van der Waals surface area contributed by atoms with Gasteiger partial charge in [-0.3, -0.25) is 5.10 Å². The first-order valence-corrected chi connectivity index (χ1v) is 9.54. The van der Waals surface area contributed by atoms with E-state index in [-0.39, 0.29) is 11.5 Å². The molecule has 4 rings (SSSR count). The van der Waals surface area contributed by atoms with Gasteiger partial charge in [0.2, 0.25) is 0 Å². The number of ether oxygens (including phenoxy) is 3. The third-order valence-corrected chi connectivity index (χ3v) is 4.95. The summed E-state index contributed by atoms with van der Waals surface area (Å²) in [6.45, 7) is -0.271. The number of aromatic nitrogens is 2. The minimum absolute atomic E-state index is 0.0146. The third kappa shape index (κ3) is 4.56. The molecule has 1 unspecified atom stereocenters. The SMILES string of the molecule is Cc1ccccc1Cc1cn[nH]c1-c1ccc(OC(F)F)c(OC2CCCO2)c1. The summed E-state index contributed by atoms with van der Waals surface area (Å²) in [6, 6.07) is 13.1. The second-order valence-corrected chi connectivity index (χ2v) is 6.97. The molecule has 0 radical (unpaired) electrons. The highest BCUT2D eigenvalue weighted by Crippen LogP contribution is 2.36. The number of H-pyrrole nitrogens is 1. The van der Waals surface area contributed by atoms with Crippen LogP contribution in [0.2, 0.25) is 0 Å². The van der Waals surface area contributed by atoms with E-state index in [0.717, 1.165) is 23.2 Å². The third-order valence-electron chi connectivity index (χ3n) is 4.95. The van der Waals surface area contributed by atoms with Gasteiger partial charge >= 0.3 is 6.61 Å². The monoisotopic (exact) mass is 400 g/mol. The van der Waals surface area contributed by atoms with E-state index in [1.165, 1.54) is 17.2 Å². The van der Waals surface area contributed by atoms with Crippen molar-refractivity contribution in [3.63, 3.8) is 0 Å². The fourth-order valence-corrected chi connectivity index (χ4v) is 3.44. The first-order chi connectivity index (χ1) is 14.1. The zero-order chi connectivity index (χ0) is 20.2. The number of hydrogen-bond donors (Lipinski definition) is 1. The molecule has 7 heteroatoms. The minimum atomic E-state index is -2.93. The van der Waals surface area contributed by atoms with E-state index >= 15 is 0 Å². The number of benzene rings is 2. The lowest BCUT2D eigenvalue weighted by Gasteiger charge is -2.17. The largest absolute Gasteiger partial charge is 0.461 e. The van der Waals surface area contributed by atoms with Gasteiger partial charge in [0.25, 0.3) is 0 Å². The molecule has 2 aromatic carbocycles. The summed E-state index contributed by atoms with van der Waals surface area (Å²) in [5, 5.41) is 7.20. The Morgan fingerprint density at radius 1 is 1.17 bits per heavy atom. The molecule has 3 aromatic rings. The highest BCUT2D eigenvalue weighted by Gasteiger charge is 2.21. The summed E-state index contributed by atoms with van der Waals surface area (Å²) < 4.78 is 41.5. The molecule has 1 saturated heterocycles. The average molecular weight is 400 g/mol. The van der Waals surface area contributed by atoms with E-state index in [1.54, 1.807) is 18.3 Å². The summed E-state index contributed by atoms with van der Waals surface area (Å²) in [7, 11) is 0. The maximum Gasteiger partial charge on any atom is 0.387 e. The molecule has 0 aliphatic carbocycles. The van der Waals surface area contributed by atoms with Crippen LogP contribution in [0.15, 0.2) is 48.7 Å². The molecule has 1 atom stereocenters. The van der Waals surface area contributed by atoms with Crippen LogP contribution in [0.3, 0.4) is 0 Å². The molecular formula is C22H22F2N2O3. The number of nitrogens with one attached hydrogen (secondary N) is 1. The Kier molecular flexibility index (Phi) is 5.76. The van der Waals surface area contributed by atoms with Crippen molar-refractivity contribution in [3.05, 3.63) is 65.4 Å². The fourth-order valence-electron chi connectivity index (χ4n) is 3.44. The van der Waals surface area contributed by atoms with Gasteiger partial charge in [-0.15, -0.1) is 0 Å². The van der Waals surface area contributed by atoms with Crippen LogP contribution in [0, 0.1) is 6.92 Å². The van der Waals surface area contributed by atoms with Gasteiger partial charge in [-0.05, 0) is 42.7 Å². The molecule has 5 nitrogen and oxygen atoms in total. The number of aromatic amines is 1. The van der Waals surface area contributed by atoms with E-state index in [4.69, 9.17) is 9.47 Å². The van der Waals surface area contributed by atoms with E-state index in [1.807, 2.05) is 12.1 Å². The first-order valence-electron chi connectivity index (χ1n) is 9.54. The second-order valence-electron chi connectivity index (χ2n) is 6.97. The summed E-state index contributed by atoms with van der Waals surface area (Å²) in [4.78, 5) is 0. The molecule has 0 spiro atoms. The lowest BCUT2D eigenvalue weighted by atomic mass is 9.98. The van der Waals surface area contributed by atoms with Crippen LogP contribution in [-0.4, -0.2) is 29.7 Å². The highest BCUT2D eigenvalue weighted by atomic mass is 19.3. The maximum absolute atomic E-state index is 12.8. The van der Waals surface area contributed by atoms with E-state index in [2.05, 4.69) is 34.0 Å². The minimum Gasteiger partial charge on any atom is -0.461 e. The molecule has 1 N–H and O–H groups in total. The lowest BCUT2D eigenvalue weighted by molar-refractivity contribution is -0.0632. The lowest BCUT2D eigenvalue weighted by Crippen LogP contribution is -2.15. The molecular weight excluding hydrogens is 378 g/mol. The number of nitrogens with zero attached hydrogens (tertiary/aromatic N) is 1. The Bertz CT molecular complexity index is 968. The van der Waals surface area contributed by atoms with Gasteiger partial charge in [0.05, 0.1) is 18.5 Å². The average Bonchev–Trinajstić information content (AvgIpc) is 3.37. The first kappa shape index (κ1) is 19.4. The van der Waals surface area contributed by atoms with Gasteiger partial charge in [-0.25, -0.2) is 0 Å². The molecule has 0 saturated carbocycles. The van der Waals surface area contributed by atoms with Gasteiger partial charge in [-0.2, -0.15) is 13.9 Å². The number of alkyl halides is 2. The molecule has 0 bridgehead atoms. The fraction of sp³-hybridized carbons (Fsp3) is 0.318. The number of rotatable bonds is 7. The van der Waals surface area contributed by atoms with Crippen LogP contribution in [0.1, 0.15) is 29.5 Å². The zero-order valence-electron chi connectivity index (χ0n) is 16.0. The zero-order valence-corrected chi connectivity index (χ0v) is 16.0. The molecule has 152 valence electrons. The second kappa shape index (κ2) is 8.61. The summed E-state index contributed by atoms with van der Waals surface area (Å²) in [6.07, 6.45) is 3.61. The Morgan fingerprint density at radius 2 is 2.03 bits per heavy atom. The predicted octanol–water partition coefficient (Wildman–Crippen LogP) is 5.09. The topological polar surface area (TPSA) is 56.4 Å². The predicted molar refractivity (Wildman–Crippen MR) is 104 cm³/mol.